The van der Waals surface area contributed by atoms with Crippen molar-refractivity contribution >= 4 is 28.5 Å². The molecule has 0 aliphatic heterocycles. The van der Waals surface area contributed by atoms with Gasteiger partial charge in [-0.1, -0.05) is 42.5 Å². The van der Waals surface area contributed by atoms with Crippen LogP contribution in [0.4, 0.5) is 5.69 Å². The van der Waals surface area contributed by atoms with Crippen LogP contribution in [0.25, 0.3) is 22.5 Å². The molecule has 36 heavy (non-hydrogen) atoms. The van der Waals surface area contributed by atoms with Crippen LogP contribution >= 0.6 is 0 Å². The van der Waals surface area contributed by atoms with Gasteiger partial charge in [0.2, 0.25) is 0 Å². The number of nitrogens with one attached hydrogen (secondary N) is 2. The highest BCUT2D eigenvalue weighted by molar-refractivity contribution is 6.15. The molecule has 2 aromatic carbocycles. The van der Waals surface area contributed by atoms with Crippen LogP contribution in [-0.2, 0) is 7.05 Å². The molecule has 0 saturated heterocycles. The standard InChI is InChI=1S/C28H25N5O3/c1-17(19-10-5-4-6-11-19)29-27(34)20-12-7-8-13-22(20)31-28(35)21-16-23(24-14-9-15-36-24)30-26-25(21)18(2)32-33(26)3/h4-17H,1-3H3,(H,29,34)(H,31,35). The van der Waals surface area contributed by atoms with Crippen LogP contribution in [0.2, 0.25) is 0 Å². The summed E-state index contributed by atoms with van der Waals surface area (Å²) in [6.45, 7) is 3.75. The van der Waals surface area contributed by atoms with Gasteiger partial charge in [0.05, 0.1) is 40.2 Å². The summed E-state index contributed by atoms with van der Waals surface area (Å²) >= 11 is 0. The average molecular weight is 480 g/mol. The molecule has 180 valence electrons. The number of rotatable bonds is 6. The van der Waals surface area contributed by atoms with E-state index in [1.54, 1.807) is 60.5 Å². The predicted molar refractivity (Wildman–Crippen MR) is 138 cm³/mol. The van der Waals surface area contributed by atoms with Gasteiger partial charge >= 0.3 is 0 Å². The van der Waals surface area contributed by atoms with Gasteiger partial charge in [0.15, 0.2) is 11.4 Å². The Labute approximate surface area is 208 Å². The molecule has 3 heterocycles. The molecule has 0 aliphatic rings. The lowest BCUT2D eigenvalue weighted by atomic mass is 10.1. The van der Waals surface area contributed by atoms with Gasteiger partial charge in [-0.15, -0.1) is 0 Å². The number of carbonyl (C=O) groups is 2. The topological polar surface area (TPSA) is 102 Å². The molecule has 0 radical (unpaired) electrons. The zero-order chi connectivity index (χ0) is 25.2. The van der Waals surface area contributed by atoms with Gasteiger partial charge in [-0.2, -0.15) is 5.10 Å². The summed E-state index contributed by atoms with van der Waals surface area (Å²) in [5.74, 6) is -0.113. The van der Waals surface area contributed by atoms with E-state index in [2.05, 4.69) is 20.7 Å². The average Bonchev–Trinajstić information content (AvgIpc) is 3.52. The zero-order valence-corrected chi connectivity index (χ0v) is 20.1. The molecule has 0 fully saturated rings. The molecular formula is C28H25N5O3. The van der Waals surface area contributed by atoms with Crippen LogP contribution in [0.5, 0.6) is 0 Å². The van der Waals surface area contributed by atoms with E-state index in [-0.39, 0.29) is 17.9 Å². The number of para-hydroxylation sites is 1. The Balaban J connectivity index is 1.48. The number of amides is 2. The summed E-state index contributed by atoms with van der Waals surface area (Å²) in [5.41, 5.74) is 3.92. The number of fused-ring (bicyclic) bond motifs is 1. The number of furan rings is 1. The van der Waals surface area contributed by atoms with Crippen molar-refractivity contribution in [2.24, 2.45) is 7.05 Å². The van der Waals surface area contributed by atoms with Gasteiger partial charge in [0.25, 0.3) is 11.8 Å². The highest BCUT2D eigenvalue weighted by atomic mass is 16.3. The SMILES string of the molecule is Cc1nn(C)c2nc(-c3ccco3)cc(C(=O)Nc3ccccc3C(=O)NC(C)c3ccccc3)c12. The van der Waals surface area contributed by atoms with Crippen molar-refractivity contribution in [3.05, 3.63) is 101 Å². The molecule has 2 amide bonds. The minimum Gasteiger partial charge on any atom is -0.463 e. The van der Waals surface area contributed by atoms with Crippen molar-refractivity contribution in [1.29, 1.82) is 0 Å². The number of aromatic nitrogens is 3. The molecule has 0 saturated carbocycles. The lowest BCUT2D eigenvalue weighted by Crippen LogP contribution is -2.28. The van der Waals surface area contributed by atoms with Crippen LogP contribution in [0, 0.1) is 6.92 Å². The van der Waals surface area contributed by atoms with Crippen molar-refractivity contribution in [3.63, 3.8) is 0 Å². The highest BCUT2D eigenvalue weighted by Gasteiger charge is 2.22. The number of hydrogen-bond acceptors (Lipinski definition) is 5. The zero-order valence-electron chi connectivity index (χ0n) is 20.1. The fourth-order valence-corrected chi connectivity index (χ4v) is 4.25. The van der Waals surface area contributed by atoms with Crippen molar-refractivity contribution in [1.82, 2.24) is 20.1 Å². The second-order valence-electron chi connectivity index (χ2n) is 8.55. The molecule has 0 spiro atoms. The number of aryl methyl sites for hydroxylation is 2. The molecule has 8 nitrogen and oxygen atoms in total. The molecular weight excluding hydrogens is 454 g/mol. The van der Waals surface area contributed by atoms with E-state index in [1.165, 1.54) is 0 Å². The first-order valence-corrected chi connectivity index (χ1v) is 11.6. The maximum atomic E-state index is 13.6. The van der Waals surface area contributed by atoms with Crippen molar-refractivity contribution in [3.8, 4) is 11.5 Å². The Morgan fingerprint density at radius 2 is 1.69 bits per heavy atom. The van der Waals surface area contributed by atoms with Gasteiger partial charge in [-0.3, -0.25) is 14.3 Å². The van der Waals surface area contributed by atoms with Crippen molar-refractivity contribution in [2.45, 2.75) is 19.9 Å². The molecule has 8 heteroatoms. The Morgan fingerprint density at radius 3 is 2.44 bits per heavy atom. The lowest BCUT2D eigenvalue weighted by Gasteiger charge is -2.16. The third-order valence-corrected chi connectivity index (χ3v) is 6.05. The number of nitrogens with zero attached hydrogens (tertiary/aromatic N) is 3. The van der Waals surface area contributed by atoms with E-state index in [4.69, 9.17) is 4.42 Å². The minimum atomic E-state index is -0.373. The van der Waals surface area contributed by atoms with Gasteiger partial charge in [0.1, 0.15) is 5.69 Å². The largest absolute Gasteiger partial charge is 0.463 e. The van der Waals surface area contributed by atoms with Crippen LogP contribution in [0.1, 0.15) is 44.9 Å². The van der Waals surface area contributed by atoms with Crippen molar-refractivity contribution < 1.29 is 14.0 Å². The monoisotopic (exact) mass is 479 g/mol. The number of anilines is 1. The Morgan fingerprint density at radius 1 is 0.944 bits per heavy atom. The molecule has 5 aromatic rings. The van der Waals surface area contributed by atoms with Gasteiger partial charge in [-0.25, -0.2) is 4.98 Å². The molecule has 1 atom stereocenters. The first-order chi connectivity index (χ1) is 17.4. The Hall–Kier alpha value is -4.72. The molecule has 0 aliphatic carbocycles. The smallest absolute Gasteiger partial charge is 0.256 e. The van der Waals surface area contributed by atoms with E-state index in [0.717, 1.165) is 5.56 Å². The second kappa shape index (κ2) is 9.50. The number of benzene rings is 2. The first kappa shape index (κ1) is 23.0. The van der Waals surface area contributed by atoms with E-state index in [9.17, 15) is 9.59 Å². The third kappa shape index (κ3) is 4.36. The summed E-state index contributed by atoms with van der Waals surface area (Å²) < 4.78 is 7.15. The maximum Gasteiger partial charge on any atom is 0.256 e. The van der Waals surface area contributed by atoms with Crippen LogP contribution in [0.3, 0.4) is 0 Å². The van der Waals surface area contributed by atoms with Crippen LogP contribution in [0.15, 0.2) is 83.5 Å². The van der Waals surface area contributed by atoms with E-state index in [1.807, 2.05) is 44.2 Å². The summed E-state index contributed by atoms with van der Waals surface area (Å²) in [5, 5.41) is 11.0. The van der Waals surface area contributed by atoms with Gasteiger partial charge < -0.3 is 15.1 Å². The quantitative estimate of drug-likeness (QED) is 0.345. The first-order valence-electron chi connectivity index (χ1n) is 11.6. The van der Waals surface area contributed by atoms with Gasteiger partial charge in [-0.05, 0) is 49.7 Å². The normalized spacial score (nSPS) is 11.9. The van der Waals surface area contributed by atoms with Gasteiger partial charge in [0, 0.05) is 7.05 Å². The summed E-state index contributed by atoms with van der Waals surface area (Å²) in [6.07, 6.45) is 1.56. The molecule has 3 aromatic heterocycles. The van der Waals surface area contributed by atoms with Crippen LogP contribution in [-0.4, -0.2) is 26.6 Å². The van der Waals surface area contributed by atoms with E-state index < -0.39 is 0 Å². The van der Waals surface area contributed by atoms with Crippen LogP contribution < -0.4 is 10.6 Å². The molecule has 5 rings (SSSR count). The third-order valence-electron chi connectivity index (χ3n) is 6.05. The number of pyridine rings is 1. The molecule has 1 unspecified atom stereocenters. The second-order valence-corrected chi connectivity index (χ2v) is 8.55. The molecule has 2 N–H and O–H groups in total. The Kier molecular flexibility index (Phi) is 6.08. The fourth-order valence-electron chi connectivity index (χ4n) is 4.25. The van der Waals surface area contributed by atoms with E-state index in [0.29, 0.717) is 45.0 Å². The lowest BCUT2D eigenvalue weighted by molar-refractivity contribution is 0.0940. The summed E-state index contributed by atoms with van der Waals surface area (Å²) in [7, 11) is 1.78. The number of carbonyl (C=O) groups excluding carboxylic acids is 2. The summed E-state index contributed by atoms with van der Waals surface area (Å²) in [4.78, 5) is 31.4. The number of hydrogen-bond donors (Lipinski definition) is 2. The van der Waals surface area contributed by atoms with E-state index >= 15 is 0 Å². The van der Waals surface area contributed by atoms with Crippen molar-refractivity contribution in [2.75, 3.05) is 5.32 Å². The molecule has 0 bridgehead atoms. The maximum absolute atomic E-state index is 13.6. The minimum absolute atomic E-state index is 0.198. The fraction of sp³-hybridized carbons (Fsp3) is 0.143. The summed E-state index contributed by atoms with van der Waals surface area (Å²) in [6, 6.07) is 21.7. The predicted octanol–water partition coefficient (Wildman–Crippen LogP) is 5.28. The highest BCUT2D eigenvalue weighted by Crippen LogP contribution is 2.28. The Bertz CT molecular complexity index is 1560.